The average molecular weight is 313 g/mol. The van der Waals surface area contributed by atoms with Gasteiger partial charge in [0.1, 0.15) is 0 Å². The summed E-state index contributed by atoms with van der Waals surface area (Å²) in [5, 5.41) is 3.31. The van der Waals surface area contributed by atoms with Gasteiger partial charge in [0.05, 0.1) is 17.5 Å². The van der Waals surface area contributed by atoms with Crippen LogP contribution in [0.4, 0.5) is 11.4 Å². The smallest absolute Gasteiger partial charge is 0.224 e. The van der Waals surface area contributed by atoms with Crippen LogP contribution in [0.25, 0.3) is 0 Å². The van der Waals surface area contributed by atoms with Crippen LogP contribution in [0, 0.1) is 0 Å². The zero-order valence-corrected chi connectivity index (χ0v) is 12.7. The summed E-state index contributed by atoms with van der Waals surface area (Å²) in [6, 6.07) is 5.01. The number of carbonyl (C=O) groups excluding carboxylic acids is 1. The van der Waals surface area contributed by atoms with Crippen LogP contribution in [0.2, 0.25) is 5.02 Å². The molecule has 0 aliphatic carbocycles. The summed E-state index contributed by atoms with van der Waals surface area (Å²) in [6.07, 6.45) is 3.22. The minimum absolute atomic E-state index is 0.0838. The Morgan fingerprint density at radius 3 is 2.95 bits per heavy atom. The van der Waals surface area contributed by atoms with E-state index in [0.29, 0.717) is 35.8 Å². The van der Waals surface area contributed by atoms with E-state index in [1.165, 1.54) is 0 Å². The maximum Gasteiger partial charge on any atom is 0.224 e. The van der Waals surface area contributed by atoms with Gasteiger partial charge in [-0.2, -0.15) is 0 Å². The fourth-order valence-corrected chi connectivity index (χ4v) is 2.35. The molecule has 1 amide bonds. The molecule has 0 aromatic heterocycles. The molecule has 1 aromatic carbocycles. The van der Waals surface area contributed by atoms with Crippen molar-refractivity contribution in [1.82, 2.24) is 0 Å². The predicted octanol–water partition coefficient (Wildman–Crippen LogP) is 2.84. The lowest BCUT2D eigenvalue weighted by molar-refractivity contribution is -0.116. The zero-order chi connectivity index (χ0) is 15.1. The van der Waals surface area contributed by atoms with E-state index < -0.39 is 0 Å². The van der Waals surface area contributed by atoms with Crippen molar-refractivity contribution in [3.63, 3.8) is 0 Å². The van der Waals surface area contributed by atoms with E-state index in [0.717, 1.165) is 26.1 Å². The van der Waals surface area contributed by atoms with Gasteiger partial charge in [-0.25, -0.2) is 0 Å². The highest BCUT2D eigenvalue weighted by molar-refractivity contribution is 6.31. The number of nitrogen functional groups attached to an aromatic ring is 1. The number of hydrogen-bond acceptors (Lipinski definition) is 4. The lowest BCUT2D eigenvalue weighted by Crippen LogP contribution is -2.24. The molecule has 1 saturated heterocycles. The van der Waals surface area contributed by atoms with E-state index >= 15 is 0 Å². The monoisotopic (exact) mass is 312 g/mol. The number of benzene rings is 1. The Hall–Kier alpha value is -1.30. The highest BCUT2D eigenvalue weighted by Crippen LogP contribution is 2.23. The van der Waals surface area contributed by atoms with Crippen LogP contribution in [-0.2, 0) is 14.3 Å². The van der Waals surface area contributed by atoms with Gasteiger partial charge in [0, 0.05) is 31.3 Å². The highest BCUT2D eigenvalue weighted by Gasteiger charge is 2.14. The molecule has 6 heteroatoms. The van der Waals surface area contributed by atoms with E-state index in [2.05, 4.69) is 5.32 Å². The summed E-state index contributed by atoms with van der Waals surface area (Å²) in [7, 11) is 0. The number of nitrogens with one attached hydrogen (secondary N) is 1. The molecule has 2 rings (SSSR count). The molecule has 0 unspecified atom stereocenters. The van der Waals surface area contributed by atoms with Crippen molar-refractivity contribution in [1.29, 1.82) is 0 Å². The number of nitrogens with two attached hydrogens (primary N) is 1. The molecular formula is C15H21ClN2O3. The van der Waals surface area contributed by atoms with Crippen molar-refractivity contribution < 1.29 is 14.3 Å². The largest absolute Gasteiger partial charge is 0.397 e. The number of anilines is 2. The van der Waals surface area contributed by atoms with Crippen LogP contribution in [0.3, 0.4) is 0 Å². The summed E-state index contributed by atoms with van der Waals surface area (Å²) < 4.78 is 11.0. The molecule has 5 nitrogen and oxygen atoms in total. The van der Waals surface area contributed by atoms with Crippen LogP contribution < -0.4 is 11.1 Å². The Balaban J connectivity index is 1.66. The van der Waals surface area contributed by atoms with Gasteiger partial charge in [-0.15, -0.1) is 0 Å². The van der Waals surface area contributed by atoms with E-state index in [1.54, 1.807) is 18.2 Å². The molecule has 116 valence electrons. The van der Waals surface area contributed by atoms with Crippen LogP contribution in [-0.4, -0.2) is 31.8 Å². The average Bonchev–Trinajstić information content (AvgIpc) is 2.48. The number of hydrogen-bond donors (Lipinski definition) is 2. The molecule has 1 aliphatic heterocycles. The summed E-state index contributed by atoms with van der Waals surface area (Å²) in [5.74, 6) is -0.0838. The van der Waals surface area contributed by atoms with Crippen LogP contribution >= 0.6 is 11.6 Å². The maximum absolute atomic E-state index is 11.8. The van der Waals surface area contributed by atoms with Crippen molar-refractivity contribution in [3.8, 4) is 0 Å². The lowest BCUT2D eigenvalue weighted by atomic mass is 10.1. The van der Waals surface area contributed by atoms with Gasteiger partial charge in [0.15, 0.2) is 0 Å². The van der Waals surface area contributed by atoms with E-state index in [1.807, 2.05) is 0 Å². The standard InChI is InChI=1S/C15H21ClN2O3/c16-11-3-4-13(17)14(10-11)18-15(19)2-1-7-21-12-5-8-20-9-6-12/h3-4,10,12H,1-2,5-9,17H2,(H,18,19). The van der Waals surface area contributed by atoms with Gasteiger partial charge < -0.3 is 20.5 Å². The molecule has 3 N–H and O–H groups in total. The number of rotatable bonds is 6. The summed E-state index contributed by atoms with van der Waals surface area (Å²) in [4.78, 5) is 11.8. The van der Waals surface area contributed by atoms with Gasteiger partial charge in [-0.05, 0) is 37.5 Å². The van der Waals surface area contributed by atoms with Gasteiger partial charge in [0.25, 0.3) is 0 Å². The highest BCUT2D eigenvalue weighted by atomic mass is 35.5. The molecule has 0 atom stereocenters. The summed E-state index contributed by atoms with van der Waals surface area (Å²) in [6.45, 7) is 2.11. The fraction of sp³-hybridized carbons (Fsp3) is 0.533. The molecule has 0 radical (unpaired) electrons. The Morgan fingerprint density at radius 1 is 1.43 bits per heavy atom. The number of amides is 1. The van der Waals surface area contributed by atoms with Crippen molar-refractivity contribution in [2.45, 2.75) is 31.8 Å². The minimum Gasteiger partial charge on any atom is -0.397 e. The molecule has 21 heavy (non-hydrogen) atoms. The molecule has 1 heterocycles. The molecule has 0 bridgehead atoms. The minimum atomic E-state index is -0.0838. The Morgan fingerprint density at radius 2 is 2.19 bits per heavy atom. The second-order valence-corrected chi connectivity index (χ2v) is 5.50. The summed E-state index contributed by atoms with van der Waals surface area (Å²) in [5.41, 5.74) is 6.84. The quantitative estimate of drug-likeness (QED) is 0.626. The summed E-state index contributed by atoms with van der Waals surface area (Å²) >= 11 is 5.88. The first kappa shape index (κ1) is 16.1. The van der Waals surface area contributed by atoms with Crippen molar-refractivity contribution in [3.05, 3.63) is 23.2 Å². The van der Waals surface area contributed by atoms with E-state index in [-0.39, 0.29) is 12.0 Å². The molecule has 0 spiro atoms. The molecule has 0 saturated carbocycles. The molecular weight excluding hydrogens is 292 g/mol. The van der Waals surface area contributed by atoms with E-state index in [9.17, 15) is 4.79 Å². The fourth-order valence-electron chi connectivity index (χ4n) is 2.17. The number of ether oxygens (including phenoxy) is 2. The third kappa shape index (κ3) is 5.53. The first-order chi connectivity index (χ1) is 10.1. The molecule has 1 aromatic rings. The van der Waals surface area contributed by atoms with Gasteiger partial charge >= 0.3 is 0 Å². The Bertz CT molecular complexity index is 476. The first-order valence-electron chi connectivity index (χ1n) is 7.19. The van der Waals surface area contributed by atoms with Gasteiger partial charge in [0.2, 0.25) is 5.91 Å². The van der Waals surface area contributed by atoms with Crippen LogP contribution in [0.5, 0.6) is 0 Å². The Kier molecular flexibility index (Phi) is 6.29. The van der Waals surface area contributed by atoms with Crippen LogP contribution in [0.15, 0.2) is 18.2 Å². The van der Waals surface area contributed by atoms with Crippen molar-refractivity contribution in [2.75, 3.05) is 30.9 Å². The topological polar surface area (TPSA) is 73.6 Å². The third-order valence-electron chi connectivity index (χ3n) is 3.36. The third-order valence-corrected chi connectivity index (χ3v) is 3.59. The second-order valence-electron chi connectivity index (χ2n) is 5.07. The Labute approximate surface area is 129 Å². The van der Waals surface area contributed by atoms with Crippen molar-refractivity contribution in [2.24, 2.45) is 0 Å². The number of carbonyl (C=O) groups is 1. The zero-order valence-electron chi connectivity index (χ0n) is 11.9. The first-order valence-corrected chi connectivity index (χ1v) is 7.57. The van der Waals surface area contributed by atoms with E-state index in [4.69, 9.17) is 26.8 Å². The number of halogens is 1. The molecule has 1 aliphatic rings. The van der Waals surface area contributed by atoms with Crippen molar-refractivity contribution >= 4 is 28.9 Å². The van der Waals surface area contributed by atoms with Gasteiger partial charge in [-0.1, -0.05) is 11.6 Å². The van der Waals surface area contributed by atoms with Gasteiger partial charge in [-0.3, -0.25) is 4.79 Å². The normalized spacial score (nSPS) is 15.9. The second kappa shape index (κ2) is 8.22. The lowest BCUT2D eigenvalue weighted by Gasteiger charge is -2.22. The van der Waals surface area contributed by atoms with Crippen LogP contribution in [0.1, 0.15) is 25.7 Å². The maximum atomic E-state index is 11.8. The molecule has 1 fully saturated rings. The predicted molar refractivity (Wildman–Crippen MR) is 83.5 cm³/mol. The SMILES string of the molecule is Nc1ccc(Cl)cc1NC(=O)CCCOC1CCOCC1.